The number of nitrogens with zero attached hydrogens (tertiary/aromatic N) is 1. The van der Waals surface area contributed by atoms with Crippen LogP contribution in [0.2, 0.25) is 0 Å². The number of nitrogens with one attached hydrogen (secondary N) is 2. The molecule has 1 aliphatic heterocycles. The van der Waals surface area contributed by atoms with Gasteiger partial charge in [0.1, 0.15) is 5.54 Å². The largest absolute Gasteiger partial charge is 0.326 e. The van der Waals surface area contributed by atoms with E-state index in [0.717, 1.165) is 44.2 Å². The van der Waals surface area contributed by atoms with E-state index >= 15 is 0 Å². The number of imide groups is 1. The number of benzene rings is 1. The van der Waals surface area contributed by atoms with E-state index in [1.54, 1.807) is 0 Å². The predicted molar refractivity (Wildman–Crippen MR) is 99.7 cm³/mol. The van der Waals surface area contributed by atoms with Crippen LogP contribution in [0.5, 0.6) is 0 Å². The standard InChI is InChI=1S/C20H27N3O3/c1-2-6-15-8-10-16(11-9-15)21-17(24)7-5-14-23-18(25)20(22-19(23)26)12-3-4-13-20/h8-11H,2-7,12-14H2,1H3,(H,21,24)(H,22,26). The molecule has 0 radical (unpaired) electrons. The summed E-state index contributed by atoms with van der Waals surface area (Å²) >= 11 is 0. The molecule has 1 aromatic carbocycles. The van der Waals surface area contributed by atoms with E-state index in [2.05, 4.69) is 17.6 Å². The van der Waals surface area contributed by atoms with Gasteiger partial charge in [-0.15, -0.1) is 0 Å². The molecule has 1 aliphatic carbocycles. The van der Waals surface area contributed by atoms with Gasteiger partial charge in [0.25, 0.3) is 5.91 Å². The van der Waals surface area contributed by atoms with E-state index in [4.69, 9.17) is 0 Å². The summed E-state index contributed by atoms with van der Waals surface area (Å²) in [5.74, 6) is -0.220. The fraction of sp³-hybridized carbons (Fsp3) is 0.550. The minimum Gasteiger partial charge on any atom is -0.326 e. The van der Waals surface area contributed by atoms with Gasteiger partial charge in [0.05, 0.1) is 0 Å². The molecule has 1 spiro atoms. The summed E-state index contributed by atoms with van der Waals surface area (Å²) < 4.78 is 0. The molecule has 4 amide bonds. The van der Waals surface area contributed by atoms with Crippen LogP contribution in [-0.2, 0) is 16.0 Å². The van der Waals surface area contributed by atoms with Gasteiger partial charge >= 0.3 is 6.03 Å². The molecule has 1 saturated carbocycles. The number of hydrogen-bond acceptors (Lipinski definition) is 3. The van der Waals surface area contributed by atoms with Crippen molar-refractivity contribution in [1.82, 2.24) is 10.2 Å². The summed E-state index contributed by atoms with van der Waals surface area (Å²) in [7, 11) is 0. The zero-order valence-corrected chi connectivity index (χ0v) is 15.3. The van der Waals surface area contributed by atoms with Gasteiger partial charge in [0.15, 0.2) is 0 Å². The third kappa shape index (κ3) is 3.89. The maximum Gasteiger partial charge on any atom is 0.325 e. The number of urea groups is 1. The van der Waals surface area contributed by atoms with Crippen LogP contribution in [0.3, 0.4) is 0 Å². The van der Waals surface area contributed by atoms with Crippen LogP contribution in [0.4, 0.5) is 10.5 Å². The van der Waals surface area contributed by atoms with Crippen molar-refractivity contribution in [2.45, 2.75) is 63.8 Å². The number of amides is 4. The Balaban J connectivity index is 1.45. The van der Waals surface area contributed by atoms with Crippen molar-refractivity contribution in [3.8, 4) is 0 Å². The number of hydrogen-bond donors (Lipinski definition) is 2. The monoisotopic (exact) mass is 357 g/mol. The third-order valence-electron chi connectivity index (χ3n) is 5.26. The van der Waals surface area contributed by atoms with Gasteiger partial charge in [0, 0.05) is 18.7 Å². The summed E-state index contributed by atoms with van der Waals surface area (Å²) in [4.78, 5) is 38.0. The average molecular weight is 357 g/mol. The van der Waals surface area contributed by atoms with Crippen molar-refractivity contribution >= 4 is 23.5 Å². The Morgan fingerprint density at radius 1 is 1.19 bits per heavy atom. The van der Waals surface area contributed by atoms with Gasteiger partial charge in [-0.3, -0.25) is 14.5 Å². The molecule has 2 N–H and O–H groups in total. The minimum absolute atomic E-state index is 0.101. The van der Waals surface area contributed by atoms with E-state index in [9.17, 15) is 14.4 Å². The lowest BCUT2D eigenvalue weighted by molar-refractivity contribution is -0.131. The minimum atomic E-state index is -0.667. The molecule has 0 unspecified atom stereocenters. The van der Waals surface area contributed by atoms with Crippen molar-refractivity contribution in [2.24, 2.45) is 0 Å². The highest BCUT2D eigenvalue weighted by Crippen LogP contribution is 2.35. The zero-order valence-electron chi connectivity index (χ0n) is 15.3. The van der Waals surface area contributed by atoms with E-state index in [-0.39, 0.29) is 30.8 Å². The topological polar surface area (TPSA) is 78.5 Å². The van der Waals surface area contributed by atoms with Crippen molar-refractivity contribution in [3.05, 3.63) is 29.8 Å². The first-order valence-electron chi connectivity index (χ1n) is 9.57. The Hall–Kier alpha value is -2.37. The van der Waals surface area contributed by atoms with E-state index in [0.29, 0.717) is 6.42 Å². The molecule has 26 heavy (non-hydrogen) atoms. The Bertz CT molecular complexity index is 678. The fourth-order valence-corrected chi connectivity index (χ4v) is 3.86. The number of aryl methyl sites for hydroxylation is 1. The van der Waals surface area contributed by atoms with Gasteiger partial charge in [0.2, 0.25) is 5.91 Å². The molecule has 3 rings (SSSR count). The lowest BCUT2D eigenvalue weighted by Crippen LogP contribution is -2.44. The van der Waals surface area contributed by atoms with E-state index in [1.807, 2.05) is 24.3 Å². The molecule has 140 valence electrons. The van der Waals surface area contributed by atoms with Gasteiger partial charge in [-0.05, 0) is 43.4 Å². The van der Waals surface area contributed by atoms with Crippen molar-refractivity contribution in [3.63, 3.8) is 0 Å². The summed E-state index contributed by atoms with van der Waals surface area (Å²) in [6.45, 7) is 2.42. The van der Waals surface area contributed by atoms with Crippen molar-refractivity contribution in [2.75, 3.05) is 11.9 Å². The molecule has 0 aromatic heterocycles. The second kappa shape index (κ2) is 7.89. The Labute approximate surface area is 154 Å². The molecule has 6 nitrogen and oxygen atoms in total. The van der Waals surface area contributed by atoms with Crippen LogP contribution in [0.1, 0.15) is 57.4 Å². The van der Waals surface area contributed by atoms with Crippen LogP contribution in [0.25, 0.3) is 0 Å². The second-order valence-corrected chi connectivity index (χ2v) is 7.27. The first kappa shape index (κ1) is 18.4. The zero-order chi connectivity index (χ0) is 18.6. The van der Waals surface area contributed by atoms with Crippen LogP contribution in [0.15, 0.2) is 24.3 Å². The molecule has 0 bridgehead atoms. The molecule has 1 heterocycles. The lowest BCUT2D eigenvalue weighted by Gasteiger charge is -2.19. The van der Waals surface area contributed by atoms with Gasteiger partial charge < -0.3 is 10.6 Å². The maximum atomic E-state index is 12.5. The maximum absolute atomic E-state index is 12.5. The van der Waals surface area contributed by atoms with Crippen LogP contribution < -0.4 is 10.6 Å². The van der Waals surface area contributed by atoms with Crippen LogP contribution >= 0.6 is 0 Å². The first-order chi connectivity index (χ1) is 12.5. The summed E-state index contributed by atoms with van der Waals surface area (Å²) in [6, 6.07) is 7.54. The van der Waals surface area contributed by atoms with Crippen LogP contribution in [-0.4, -0.2) is 34.8 Å². The van der Waals surface area contributed by atoms with Crippen LogP contribution in [0, 0.1) is 0 Å². The fourth-order valence-electron chi connectivity index (χ4n) is 3.86. The molecular formula is C20H27N3O3. The molecule has 6 heteroatoms. The van der Waals surface area contributed by atoms with E-state index in [1.165, 1.54) is 10.5 Å². The summed E-state index contributed by atoms with van der Waals surface area (Å²) in [5.41, 5.74) is 1.36. The highest BCUT2D eigenvalue weighted by atomic mass is 16.2. The second-order valence-electron chi connectivity index (χ2n) is 7.27. The number of carbonyl (C=O) groups excluding carboxylic acids is 3. The quantitative estimate of drug-likeness (QED) is 0.736. The lowest BCUT2D eigenvalue weighted by atomic mass is 9.98. The molecule has 2 aliphatic rings. The number of anilines is 1. The van der Waals surface area contributed by atoms with Gasteiger partial charge in [-0.25, -0.2) is 4.79 Å². The van der Waals surface area contributed by atoms with Crippen molar-refractivity contribution in [1.29, 1.82) is 0 Å². The summed E-state index contributed by atoms with van der Waals surface area (Å²) in [6.07, 6.45) is 6.26. The van der Waals surface area contributed by atoms with E-state index < -0.39 is 5.54 Å². The van der Waals surface area contributed by atoms with Crippen molar-refractivity contribution < 1.29 is 14.4 Å². The highest BCUT2D eigenvalue weighted by Gasteiger charge is 2.51. The normalized spacial score (nSPS) is 18.4. The molecule has 1 aromatic rings. The Kier molecular flexibility index (Phi) is 5.59. The predicted octanol–water partition coefficient (Wildman–Crippen LogP) is 3.22. The molecule has 2 fully saturated rings. The highest BCUT2D eigenvalue weighted by molar-refractivity contribution is 6.07. The Morgan fingerprint density at radius 3 is 2.54 bits per heavy atom. The first-order valence-corrected chi connectivity index (χ1v) is 9.57. The van der Waals surface area contributed by atoms with Gasteiger partial charge in [-0.1, -0.05) is 38.3 Å². The average Bonchev–Trinajstić information content (AvgIpc) is 3.17. The summed E-state index contributed by atoms with van der Waals surface area (Å²) in [5, 5.41) is 5.72. The van der Waals surface area contributed by atoms with Gasteiger partial charge in [-0.2, -0.15) is 0 Å². The number of carbonyl (C=O) groups is 3. The smallest absolute Gasteiger partial charge is 0.325 e. The number of rotatable bonds is 7. The molecule has 0 atom stereocenters. The third-order valence-corrected chi connectivity index (χ3v) is 5.26. The SMILES string of the molecule is CCCc1ccc(NC(=O)CCCN2C(=O)NC3(CCCC3)C2=O)cc1. The Morgan fingerprint density at radius 2 is 1.88 bits per heavy atom. The molecular weight excluding hydrogens is 330 g/mol. The molecule has 1 saturated heterocycles.